The van der Waals surface area contributed by atoms with Crippen molar-refractivity contribution < 1.29 is 0 Å². The molecule has 3 atom stereocenters. The second-order valence-corrected chi connectivity index (χ2v) is 28.1. The summed E-state index contributed by atoms with van der Waals surface area (Å²) < 4.78 is 0. The first-order valence-corrected chi connectivity index (χ1v) is 28.7. The van der Waals surface area contributed by atoms with E-state index in [2.05, 4.69) is 258 Å². The fraction of sp³-hybridized carbons (Fsp3) is 0.408. The molecule has 3 heterocycles. The Hall–Kier alpha value is -6.00. The maximum atomic E-state index is 2.83. The van der Waals surface area contributed by atoms with Crippen LogP contribution in [0.25, 0.3) is 11.1 Å². The van der Waals surface area contributed by atoms with Gasteiger partial charge in [-0.2, -0.15) is 0 Å². The molecule has 0 amide bonds. The number of para-hydroxylation sites is 1. The molecule has 1 fully saturated rings. The van der Waals surface area contributed by atoms with Crippen LogP contribution in [-0.4, -0.2) is 12.3 Å². The summed E-state index contributed by atoms with van der Waals surface area (Å²) in [6.45, 7) is 36.4. The summed E-state index contributed by atoms with van der Waals surface area (Å²) in [7, 11) is 0. The molecule has 3 unspecified atom stereocenters. The zero-order chi connectivity index (χ0) is 52.9. The van der Waals surface area contributed by atoms with Gasteiger partial charge in [0, 0.05) is 50.8 Å². The topological polar surface area (TPSA) is 9.72 Å². The van der Waals surface area contributed by atoms with E-state index in [1.54, 1.807) is 0 Å². The predicted octanol–water partition coefficient (Wildman–Crippen LogP) is 17.9. The second-order valence-electron chi connectivity index (χ2n) is 28.1. The van der Waals surface area contributed by atoms with Crippen LogP contribution in [0, 0.1) is 5.92 Å². The van der Waals surface area contributed by atoms with Crippen molar-refractivity contribution in [3.8, 4) is 11.1 Å². The summed E-state index contributed by atoms with van der Waals surface area (Å²) in [4.78, 5) is 8.30. The summed E-state index contributed by atoms with van der Waals surface area (Å²) in [6.07, 6.45) is 7.19. The smallest absolute Gasteiger partial charge is 0.252 e. The largest absolute Gasteiger partial charge is 0.334 e. The molecule has 7 aromatic carbocycles. The van der Waals surface area contributed by atoms with Crippen LogP contribution in [0.5, 0.6) is 0 Å². The van der Waals surface area contributed by atoms with E-state index in [0.717, 1.165) is 6.42 Å². The molecule has 5 aliphatic rings. The van der Waals surface area contributed by atoms with Crippen molar-refractivity contribution in [3.63, 3.8) is 0 Å². The maximum Gasteiger partial charge on any atom is 0.252 e. The molecule has 12 rings (SSSR count). The highest BCUT2D eigenvalue weighted by atomic mass is 15.3. The molecule has 0 radical (unpaired) electrons. The van der Waals surface area contributed by atoms with E-state index in [4.69, 9.17) is 0 Å². The first-order valence-electron chi connectivity index (χ1n) is 28.7. The van der Waals surface area contributed by atoms with Crippen molar-refractivity contribution in [2.75, 3.05) is 14.7 Å². The molecule has 3 aliphatic heterocycles. The standard InChI is InChI=1S/C71H82BN3/c1-45(2)52-34-37-69(12,13)56-44-58-62(43-54(52)56)74(59-33-31-48(67(6,7)8)39-53(59)46-24-17-16-18-25-46)64-42-51(75-60-29-20-19-28-55(60)70(14)35-21-22-36-71(70,75)15)41-63-65(64)72(58)57-32-30-49(68(9,10)11)40-61(57)73(63)50-27-23-26-47(38-50)66(3,4)5/h16-20,23-33,38-45,52H,21-22,34-37H2,1-15H3. The third-order valence-electron chi connectivity index (χ3n) is 19.5. The van der Waals surface area contributed by atoms with Gasteiger partial charge in [0.05, 0.1) is 11.2 Å². The van der Waals surface area contributed by atoms with Crippen LogP contribution in [-0.2, 0) is 27.1 Å². The van der Waals surface area contributed by atoms with Gasteiger partial charge < -0.3 is 14.7 Å². The van der Waals surface area contributed by atoms with Gasteiger partial charge in [-0.1, -0.05) is 195 Å². The molecule has 384 valence electrons. The van der Waals surface area contributed by atoms with Crippen molar-refractivity contribution in [2.24, 2.45) is 5.92 Å². The van der Waals surface area contributed by atoms with Crippen molar-refractivity contribution >= 4 is 68.6 Å². The van der Waals surface area contributed by atoms with Gasteiger partial charge in [-0.15, -0.1) is 0 Å². The van der Waals surface area contributed by atoms with Gasteiger partial charge in [0.25, 0.3) is 6.71 Å². The summed E-state index contributed by atoms with van der Waals surface area (Å²) in [5, 5.41) is 0. The van der Waals surface area contributed by atoms with Crippen molar-refractivity contribution in [1.82, 2.24) is 0 Å². The summed E-state index contributed by atoms with van der Waals surface area (Å²) in [5.74, 6) is 1.000. The minimum atomic E-state index is -0.131. The van der Waals surface area contributed by atoms with E-state index in [9.17, 15) is 0 Å². The first-order chi connectivity index (χ1) is 35.4. The highest BCUT2D eigenvalue weighted by Gasteiger charge is 2.58. The Morgan fingerprint density at radius 1 is 0.493 bits per heavy atom. The summed E-state index contributed by atoms with van der Waals surface area (Å²) in [5.41, 5.74) is 25.3. The lowest BCUT2D eigenvalue weighted by molar-refractivity contribution is 0.195. The normalized spacial score (nSPS) is 21.6. The Morgan fingerprint density at radius 3 is 1.83 bits per heavy atom. The Balaban J connectivity index is 1.27. The summed E-state index contributed by atoms with van der Waals surface area (Å²) in [6, 6.07) is 56.0. The fourth-order valence-electron chi connectivity index (χ4n) is 14.8. The Kier molecular flexibility index (Phi) is 11.3. The average molecular weight is 988 g/mol. The monoisotopic (exact) mass is 988 g/mol. The Morgan fingerprint density at radius 2 is 1.12 bits per heavy atom. The van der Waals surface area contributed by atoms with Crippen LogP contribution in [0.4, 0.5) is 45.5 Å². The van der Waals surface area contributed by atoms with E-state index >= 15 is 0 Å². The zero-order valence-corrected chi connectivity index (χ0v) is 48.1. The van der Waals surface area contributed by atoms with Crippen LogP contribution in [0.15, 0.2) is 140 Å². The number of hydrogen-bond donors (Lipinski definition) is 0. The average Bonchev–Trinajstić information content (AvgIpc) is 3.59. The molecule has 0 saturated heterocycles. The highest BCUT2D eigenvalue weighted by Crippen LogP contribution is 2.62. The number of rotatable bonds is 5. The molecule has 75 heavy (non-hydrogen) atoms. The molecular formula is C71H82BN3. The van der Waals surface area contributed by atoms with Crippen molar-refractivity contribution in [2.45, 2.75) is 181 Å². The lowest BCUT2D eigenvalue weighted by Crippen LogP contribution is -2.62. The maximum absolute atomic E-state index is 2.83. The van der Waals surface area contributed by atoms with Gasteiger partial charge in [0.1, 0.15) is 0 Å². The van der Waals surface area contributed by atoms with Crippen LogP contribution in [0.2, 0.25) is 0 Å². The lowest BCUT2D eigenvalue weighted by atomic mass is 9.33. The molecule has 3 nitrogen and oxygen atoms in total. The zero-order valence-electron chi connectivity index (χ0n) is 48.1. The quantitative estimate of drug-likeness (QED) is 0.159. The van der Waals surface area contributed by atoms with E-state index < -0.39 is 0 Å². The van der Waals surface area contributed by atoms with Gasteiger partial charge >= 0.3 is 0 Å². The van der Waals surface area contributed by atoms with Crippen LogP contribution in [0.1, 0.15) is 182 Å². The van der Waals surface area contributed by atoms with E-state index in [1.165, 1.54) is 138 Å². The fourth-order valence-corrected chi connectivity index (χ4v) is 14.8. The molecule has 2 aliphatic carbocycles. The molecule has 4 heteroatoms. The Labute approximate surface area is 451 Å². The molecule has 0 bridgehead atoms. The SMILES string of the molecule is CC(C)C1CCC(C)(C)c2cc3c(cc21)N(c1ccc(C(C)(C)C)cc1-c1ccccc1)c1cc(N2c4ccccc4C4(C)CCCCC24C)cc2c1B3c1ccc(C(C)(C)C)cc1N2c1cccc(C(C)(C)C)c1. The summed E-state index contributed by atoms with van der Waals surface area (Å²) >= 11 is 0. The van der Waals surface area contributed by atoms with Crippen molar-refractivity contribution in [1.29, 1.82) is 0 Å². The van der Waals surface area contributed by atoms with Gasteiger partial charge in [-0.25, -0.2) is 0 Å². The molecular weight excluding hydrogens is 906 g/mol. The molecule has 0 N–H and O–H groups in total. The molecule has 0 aromatic heterocycles. The highest BCUT2D eigenvalue weighted by molar-refractivity contribution is 7.00. The minimum absolute atomic E-state index is 0.000271. The van der Waals surface area contributed by atoms with Gasteiger partial charge in [-0.05, 0) is 176 Å². The number of hydrogen-bond acceptors (Lipinski definition) is 3. The first kappa shape index (κ1) is 49.9. The van der Waals surface area contributed by atoms with E-state index in [-0.39, 0.29) is 39.3 Å². The van der Waals surface area contributed by atoms with E-state index in [0.29, 0.717) is 11.8 Å². The minimum Gasteiger partial charge on any atom is -0.334 e. The van der Waals surface area contributed by atoms with Crippen molar-refractivity contribution in [3.05, 3.63) is 173 Å². The molecule has 7 aromatic rings. The van der Waals surface area contributed by atoms with Crippen LogP contribution >= 0.6 is 0 Å². The predicted molar refractivity (Wildman–Crippen MR) is 325 cm³/mol. The van der Waals surface area contributed by atoms with Gasteiger partial charge in [0.15, 0.2) is 0 Å². The lowest BCUT2D eigenvalue weighted by Gasteiger charge is -2.51. The number of fused-ring (bicyclic) bond motifs is 8. The number of anilines is 8. The second kappa shape index (κ2) is 17.0. The molecule has 0 spiro atoms. The molecule has 1 saturated carbocycles. The third kappa shape index (κ3) is 7.63. The van der Waals surface area contributed by atoms with E-state index in [1.807, 2.05) is 0 Å². The number of benzene rings is 7. The third-order valence-corrected chi connectivity index (χ3v) is 19.5. The Bertz CT molecular complexity index is 3410. The number of nitrogens with zero attached hydrogens (tertiary/aromatic N) is 3. The van der Waals surface area contributed by atoms with Crippen LogP contribution < -0.4 is 31.1 Å². The van der Waals surface area contributed by atoms with Gasteiger partial charge in [0.2, 0.25) is 0 Å². The van der Waals surface area contributed by atoms with Crippen LogP contribution in [0.3, 0.4) is 0 Å². The van der Waals surface area contributed by atoms with Gasteiger partial charge in [-0.3, -0.25) is 0 Å².